The fourth-order valence-corrected chi connectivity index (χ4v) is 4.85. The number of hydrogen-bond donors (Lipinski definition) is 0. The number of likely N-dealkylation sites (tertiary alicyclic amines) is 1. The summed E-state index contributed by atoms with van der Waals surface area (Å²) in [5.41, 5.74) is 1.22. The number of carbonyl (C=O) groups is 2. The molecule has 0 spiro atoms. The van der Waals surface area contributed by atoms with Crippen LogP contribution in [-0.4, -0.2) is 53.3 Å². The van der Waals surface area contributed by atoms with Crippen molar-refractivity contribution in [1.29, 1.82) is 0 Å². The first-order chi connectivity index (χ1) is 11.0. The molecule has 1 aliphatic carbocycles. The van der Waals surface area contributed by atoms with Gasteiger partial charge in [0.05, 0.1) is 16.6 Å². The maximum absolute atomic E-state index is 12.7. The highest BCUT2D eigenvalue weighted by atomic mass is 32.1. The van der Waals surface area contributed by atoms with Gasteiger partial charge in [-0.2, -0.15) is 0 Å². The first-order valence-electron chi connectivity index (χ1n) is 8.42. The first-order valence-corrected chi connectivity index (χ1v) is 9.24. The molecule has 1 aromatic rings. The zero-order chi connectivity index (χ0) is 16.6. The van der Waals surface area contributed by atoms with Crippen molar-refractivity contribution < 1.29 is 9.59 Å². The van der Waals surface area contributed by atoms with Gasteiger partial charge in [0, 0.05) is 44.4 Å². The van der Waals surface area contributed by atoms with E-state index in [1.54, 1.807) is 23.2 Å². The number of carbonyl (C=O) groups excluding carboxylic acids is 2. The minimum Gasteiger partial charge on any atom is -0.345 e. The van der Waals surface area contributed by atoms with Crippen molar-refractivity contribution in [3.63, 3.8) is 0 Å². The van der Waals surface area contributed by atoms with E-state index < -0.39 is 0 Å². The number of amides is 2. The summed E-state index contributed by atoms with van der Waals surface area (Å²) >= 11 is 1.80. The summed E-state index contributed by atoms with van der Waals surface area (Å²) in [5, 5.41) is 1.13. The molecule has 2 unspecified atom stereocenters. The third-order valence-corrected chi connectivity index (χ3v) is 6.08. The zero-order valence-corrected chi connectivity index (χ0v) is 15.0. The van der Waals surface area contributed by atoms with Crippen molar-refractivity contribution in [3.05, 3.63) is 15.6 Å². The van der Waals surface area contributed by atoms with Gasteiger partial charge in [0.2, 0.25) is 11.8 Å². The topological polar surface area (TPSA) is 53.5 Å². The molecule has 1 saturated heterocycles. The fraction of sp³-hybridized carbons (Fsp3) is 0.706. The smallest absolute Gasteiger partial charge is 0.227 e. The van der Waals surface area contributed by atoms with E-state index in [-0.39, 0.29) is 17.7 Å². The molecule has 0 bridgehead atoms. The predicted molar refractivity (Wildman–Crippen MR) is 90.5 cm³/mol. The molecule has 2 amide bonds. The molecular weight excluding hydrogens is 310 g/mol. The Morgan fingerprint density at radius 2 is 2.17 bits per heavy atom. The predicted octanol–water partition coefficient (Wildman–Crippen LogP) is 2.20. The highest BCUT2D eigenvalue weighted by Crippen LogP contribution is 2.35. The molecule has 1 aromatic heterocycles. The van der Waals surface area contributed by atoms with Crippen molar-refractivity contribution in [1.82, 2.24) is 14.8 Å². The third-order valence-electron chi connectivity index (χ3n) is 5.03. The molecule has 1 aliphatic heterocycles. The second-order valence-corrected chi connectivity index (χ2v) is 8.09. The third kappa shape index (κ3) is 3.42. The molecule has 0 aromatic carbocycles. The van der Waals surface area contributed by atoms with Crippen LogP contribution in [0.5, 0.6) is 0 Å². The Hall–Kier alpha value is -1.43. The summed E-state index contributed by atoms with van der Waals surface area (Å²) in [4.78, 5) is 33.9. The lowest BCUT2D eigenvalue weighted by atomic mass is 9.90. The van der Waals surface area contributed by atoms with Gasteiger partial charge in [-0.15, -0.1) is 11.3 Å². The van der Waals surface area contributed by atoms with Crippen LogP contribution < -0.4 is 0 Å². The molecule has 0 N–H and O–H groups in total. The van der Waals surface area contributed by atoms with Crippen LogP contribution in [0, 0.1) is 12.8 Å². The van der Waals surface area contributed by atoms with Gasteiger partial charge in [-0.1, -0.05) is 0 Å². The zero-order valence-electron chi connectivity index (χ0n) is 14.2. The minimum atomic E-state index is -0.0378. The molecule has 126 valence electrons. The second-order valence-electron chi connectivity index (χ2n) is 6.80. The molecule has 3 rings (SSSR count). The minimum absolute atomic E-state index is 0.0378. The summed E-state index contributed by atoms with van der Waals surface area (Å²) in [5.74, 6) is 0.567. The normalized spacial score (nSPS) is 23.7. The van der Waals surface area contributed by atoms with Crippen LogP contribution in [-0.2, 0) is 16.0 Å². The van der Waals surface area contributed by atoms with E-state index in [2.05, 4.69) is 6.92 Å². The van der Waals surface area contributed by atoms with E-state index in [1.165, 1.54) is 17.0 Å². The lowest BCUT2D eigenvalue weighted by Crippen LogP contribution is -2.38. The molecule has 2 heterocycles. The van der Waals surface area contributed by atoms with Gasteiger partial charge >= 0.3 is 0 Å². The van der Waals surface area contributed by atoms with Gasteiger partial charge in [-0.3, -0.25) is 9.59 Å². The Bertz CT molecular complexity index is 613. The van der Waals surface area contributed by atoms with Gasteiger partial charge in [-0.25, -0.2) is 4.98 Å². The maximum Gasteiger partial charge on any atom is 0.227 e. The second kappa shape index (κ2) is 6.59. The molecule has 6 heteroatoms. The standard InChI is InChI=1S/C17H25N3O2S/c1-11-18-16-13(5-4-6-15(16)23-11)9-19(3)17(22)14-7-8-20(10-14)12(2)21/h13-14H,4-10H2,1-3H3. The highest BCUT2D eigenvalue weighted by Gasteiger charge is 2.33. The Labute approximate surface area is 141 Å². The van der Waals surface area contributed by atoms with Crippen LogP contribution in [0.25, 0.3) is 0 Å². The van der Waals surface area contributed by atoms with Crippen LogP contribution in [0.3, 0.4) is 0 Å². The molecule has 2 aliphatic rings. The molecular formula is C17H25N3O2S. The van der Waals surface area contributed by atoms with Gasteiger partial charge in [0.25, 0.3) is 0 Å². The molecule has 2 atom stereocenters. The SMILES string of the molecule is CC(=O)N1CCC(C(=O)N(C)CC2CCCc3sc(C)nc32)C1. The highest BCUT2D eigenvalue weighted by molar-refractivity contribution is 7.11. The molecule has 5 nitrogen and oxygen atoms in total. The average Bonchev–Trinajstić information content (AvgIpc) is 3.12. The summed E-state index contributed by atoms with van der Waals surface area (Å²) in [7, 11) is 1.90. The van der Waals surface area contributed by atoms with Gasteiger partial charge in [0.15, 0.2) is 0 Å². The monoisotopic (exact) mass is 335 g/mol. The Kier molecular flexibility index (Phi) is 4.71. The van der Waals surface area contributed by atoms with Gasteiger partial charge in [-0.05, 0) is 32.6 Å². The Morgan fingerprint density at radius 1 is 1.39 bits per heavy atom. The van der Waals surface area contributed by atoms with E-state index in [4.69, 9.17) is 4.98 Å². The van der Waals surface area contributed by atoms with E-state index in [9.17, 15) is 9.59 Å². The van der Waals surface area contributed by atoms with Crippen molar-refractivity contribution in [2.75, 3.05) is 26.7 Å². The molecule has 0 saturated carbocycles. The summed E-state index contributed by atoms with van der Waals surface area (Å²) in [6, 6.07) is 0. The number of nitrogens with zero attached hydrogens (tertiary/aromatic N) is 3. The number of likely N-dealkylation sites (N-methyl/N-ethyl adjacent to an activating group) is 1. The summed E-state index contributed by atoms with van der Waals surface area (Å²) in [6.07, 6.45) is 4.21. The van der Waals surface area contributed by atoms with E-state index in [0.717, 1.165) is 30.8 Å². The number of rotatable bonds is 3. The van der Waals surface area contributed by atoms with Crippen molar-refractivity contribution in [2.45, 2.75) is 45.4 Å². The number of fused-ring (bicyclic) bond motifs is 1. The van der Waals surface area contributed by atoms with E-state index in [1.807, 2.05) is 11.9 Å². The fourth-order valence-electron chi connectivity index (χ4n) is 3.79. The summed E-state index contributed by atoms with van der Waals surface area (Å²) < 4.78 is 0. The Morgan fingerprint density at radius 3 is 2.87 bits per heavy atom. The lowest BCUT2D eigenvalue weighted by molar-refractivity contribution is -0.134. The quantitative estimate of drug-likeness (QED) is 0.851. The maximum atomic E-state index is 12.7. The molecule has 23 heavy (non-hydrogen) atoms. The van der Waals surface area contributed by atoms with E-state index >= 15 is 0 Å². The van der Waals surface area contributed by atoms with Crippen molar-refractivity contribution in [2.24, 2.45) is 5.92 Å². The average molecular weight is 335 g/mol. The number of aryl methyl sites for hydroxylation is 2. The number of thiazole rings is 1. The first kappa shape index (κ1) is 16.4. The largest absolute Gasteiger partial charge is 0.345 e. The van der Waals surface area contributed by atoms with Crippen LogP contribution >= 0.6 is 11.3 Å². The molecule has 1 fully saturated rings. The van der Waals surface area contributed by atoms with Crippen molar-refractivity contribution in [3.8, 4) is 0 Å². The number of hydrogen-bond acceptors (Lipinski definition) is 4. The molecule has 0 radical (unpaired) electrons. The van der Waals surface area contributed by atoms with E-state index in [0.29, 0.717) is 19.0 Å². The number of aromatic nitrogens is 1. The van der Waals surface area contributed by atoms with Crippen LogP contribution in [0.1, 0.15) is 47.7 Å². The lowest BCUT2D eigenvalue weighted by Gasteiger charge is -2.28. The van der Waals surface area contributed by atoms with Gasteiger partial charge in [0.1, 0.15) is 0 Å². The Balaban J connectivity index is 1.62. The van der Waals surface area contributed by atoms with Crippen LogP contribution in [0.15, 0.2) is 0 Å². The van der Waals surface area contributed by atoms with Crippen LogP contribution in [0.2, 0.25) is 0 Å². The summed E-state index contributed by atoms with van der Waals surface area (Å²) in [6.45, 7) is 5.66. The van der Waals surface area contributed by atoms with Crippen molar-refractivity contribution >= 4 is 23.2 Å². The van der Waals surface area contributed by atoms with Crippen LogP contribution in [0.4, 0.5) is 0 Å². The van der Waals surface area contributed by atoms with Gasteiger partial charge < -0.3 is 9.80 Å².